The summed E-state index contributed by atoms with van der Waals surface area (Å²) < 4.78 is 5.65. The maximum atomic E-state index is 11.5. The smallest absolute Gasteiger partial charge is 0.290 e. The van der Waals surface area contributed by atoms with E-state index in [4.69, 9.17) is 4.42 Å². The van der Waals surface area contributed by atoms with E-state index in [0.717, 1.165) is 21.7 Å². The zero-order chi connectivity index (χ0) is 14.8. The molecule has 1 fully saturated rings. The van der Waals surface area contributed by atoms with Gasteiger partial charge in [-0.05, 0) is 43.0 Å². The molecule has 1 aliphatic rings. The summed E-state index contributed by atoms with van der Waals surface area (Å²) in [5.41, 5.74) is 1.21. The molecule has 21 heavy (non-hydrogen) atoms. The number of imide groups is 1. The van der Waals surface area contributed by atoms with Gasteiger partial charge >= 0.3 is 0 Å². The van der Waals surface area contributed by atoms with Gasteiger partial charge in [-0.1, -0.05) is 29.5 Å². The number of nitrogens with one attached hydrogen (secondary N) is 1. The summed E-state index contributed by atoms with van der Waals surface area (Å²) >= 11 is 2.38. The zero-order valence-corrected chi connectivity index (χ0v) is 12.7. The Kier molecular flexibility index (Phi) is 3.90. The molecular formula is C15H11NO3S2. The molecule has 4 nitrogen and oxygen atoms in total. The second-order valence-electron chi connectivity index (χ2n) is 4.42. The molecule has 0 atom stereocenters. The molecule has 3 rings (SSSR count). The number of carbonyl (C=O) groups excluding carboxylic acids is 2. The van der Waals surface area contributed by atoms with Crippen LogP contribution >= 0.6 is 23.5 Å². The van der Waals surface area contributed by atoms with E-state index in [0.29, 0.717) is 10.7 Å². The van der Waals surface area contributed by atoms with Crippen molar-refractivity contribution >= 4 is 40.7 Å². The van der Waals surface area contributed by atoms with Crippen LogP contribution in [0.5, 0.6) is 0 Å². The molecule has 0 radical (unpaired) electrons. The summed E-state index contributed by atoms with van der Waals surface area (Å²) in [4.78, 5) is 24.0. The molecule has 0 unspecified atom stereocenters. The quantitative estimate of drug-likeness (QED) is 0.865. The number of carbonyl (C=O) groups is 2. The van der Waals surface area contributed by atoms with Crippen LogP contribution in [-0.4, -0.2) is 11.1 Å². The van der Waals surface area contributed by atoms with Crippen LogP contribution in [0.4, 0.5) is 4.79 Å². The number of hydrogen-bond donors (Lipinski definition) is 1. The Bertz CT molecular complexity index is 732. The number of aryl methyl sites for hydroxylation is 1. The van der Waals surface area contributed by atoms with Gasteiger partial charge in [0.1, 0.15) is 5.76 Å². The first-order chi connectivity index (χ1) is 10.1. The minimum atomic E-state index is -0.380. The molecule has 1 aromatic carbocycles. The molecule has 1 saturated heterocycles. The van der Waals surface area contributed by atoms with Gasteiger partial charge in [0.05, 0.1) is 4.91 Å². The van der Waals surface area contributed by atoms with Gasteiger partial charge in [-0.25, -0.2) is 0 Å². The average Bonchev–Trinajstić information content (AvgIpc) is 3.00. The molecule has 0 spiro atoms. The van der Waals surface area contributed by atoms with Crippen LogP contribution in [0.15, 0.2) is 55.7 Å². The third kappa shape index (κ3) is 3.40. The normalized spacial score (nSPS) is 16.5. The molecule has 2 aromatic rings. The number of amides is 2. The van der Waals surface area contributed by atoms with Gasteiger partial charge in [0.2, 0.25) is 0 Å². The van der Waals surface area contributed by atoms with Crippen molar-refractivity contribution in [1.82, 2.24) is 5.32 Å². The number of thioether (sulfide) groups is 1. The van der Waals surface area contributed by atoms with Crippen molar-refractivity contribution in [2.75, 3.05) is 0 Å². The lowest BCUT2D eigenvalue weighted by Crippen LogP contribution is -2.17. The van der Waals surface area contributed by atoms with Gasteiger partial charge in [0.15, 0.2) is 5.09 Å². The van der Waals surface area contributed by atoms with Crippen molar-refractivity contribution in [3.8, 4) is 0 Å². The molecule has 0 aliphatic carbocycles. The van der Waals surface area contributed by atoms with Crippen LogP contribution in [-0.2, 0) is 4.79 Å². The van der Waals surface area contributed by atoms with Crippen LogP contribution in [0.1, 0.15) is 11.3 Å². The van der Waals surface area contributed by atoms with E-state index in [9.17, 15) is 9.59 Å². The van der Waals surface area contributed by atoms with E-state index >= 15 is 0 Å². The van der Waals surface area contributed by atoms with Crippen molar-refractivity contribution in [2.45, 2.75) is 16.9 Å². The first-order valence-electron chi connectivity index (χ1n) is 6.19. The van der Waals surface area contributed by atoms with E-state index in [1.54, 1.807) is 12.1 Å². The van der Waals surface area contributed by atoms with Crippen molar-refractivity contribution < 1.29 is 14.0 Å². The third-order valence-electron chi connectivity index (χ3n) is 2.76. The van der Waals surface area contributed by atoms with Crippen LogP contribution in [0.25, 0.3) is 6.08 Å². The molecule has 2 heterocycles. The van der Waals surface area contributed by atoms with Crippen LogP contribution in [0.2, 0.25) is 0 Å². The molecule has 1 N–H and O–H groups in total. The molecule has 1 aliphatic heterocycles. The van der Waals surface area contributed by atoms with E-state index in [2.05, 4.69) is 5.32 Å². The number of rotatable bonds is 3. The van der Waals surface area contributed by atoms with Crippen LogP contribution in [0.3, 0.4) is 0 Å². The topological polar surface area (TPSA) is 59.3 Å². The lowest BCUT2D eigenvalue weighted by atomic mass is 10.2. The Hall–Kier alpha value is -1.92. The fourth-order valence-corrected chi connectivity index (χ4v) is 3.18. The fourth-order valence-electron chi connectivity index (χ4n) is 1.74. The van der Waals surface area contributed by atoms with E-state index in [1.165, 1.54) is 17.3 Å². The maximum Gasteiger partial charge on any atom is 0.290 e. The lowest BCUT2D eigenvalue weighted by Gasteiger charge is -1.98. The van der Waals surface area contributed by atoms with E-state index in [-0.39, 0.29) is 11.1 Å². The van der Waals surface area contributed by atoms with Gasteiger partial charge in [0, 0.05) is 11.0 Å². The van der Waals surface area contributed by atoms with Gasteiger partial charge < -0.3 is 4.42 Å². The van der Waals surface area contributed by atoms with Crippen LogP contribution < -0.4 is 5.32 Å². The minimum Gasteiger partial charge on any atom is -0.450 e. The Labute approximate surface area is 130 Å². The molecule has 0 saturated carbocycles. The average molecular weight is 317 g/mol. The summed E-state index contributed by atoms with van der Waals surface area (Å²) in [6, 6.07) is 11.8. The fraction of sp³-hybridized carbons (Fsp3) is 0.0667. The molecule has 2 amide bonds. The van der Waals surface area contributed by atoms with Crippen molar-refractivity contribution in [1.29, 1.82) is 0 Å². The van der Waals surface area contributed by atoms with E-state index < -0.39 is 0 Å². The standard InChI is InChI=1S/C15H11NO3S2/c1-9-2-5-11(6-3-9)20-13-7-4-10(19-13)8-12-14(17)16-15(18)21-12/h2-8H,1H3,(H,16,17,18)/b12-8+. The zero-order valence-electron chi connectivity index (χ0n) is 11.1. The van der Waals surface area contributed by atoms with Gasteiger partial charge in [-0.3, -0.25) is 14.9 Å². The summed E-state index contributed by atoms with van der Waals surface area (Å²) in [5, 5.41) is 2.59. The Morgan fingerprint density at radius 3 is 2.57 bits per heavy atom. The summed E-state index contributed by atoms with van der Waals surface area (Å²) in [6.07, 6.45) is 1.57. The predicted molar refractivity (Wildman–Crippen MR) is 83.1 cm³/mol. The summed E-state index contributed by atoms with van der Waals surface area (Å²) in [6.45, 7) is 2.04. The number of benzene rings is 1. The molecule has 6 heteroatoms. The number of hydrogen-bond acceptors (Lipinski definition) is 5. The lowest BCUT2D eigenvalue weighted by molar-refractivity contribution is -0.115. The van der Waals surface area contributed by atoms with Crippen molar-refractivity contribution in [3.63, 3.8) is 0 Å². The third-order valence-corrected chi connectivity index (χ3v) is 4.50. The van der Waals surface area contributed by atoms with Crippen molar-refractivity contribution in [2.24, 2.45) is 0 Å². The molecule has 0 bridgehead atoms. The Morgan fingerprint density at radius 2 is 1.90 bits per heavy atom. The Balaban J connectivity index is 1.74. The second-order valence-corrected chi connectivity index (χ2v) is 6.52. The first-order valence-corrected chi connectivity index (χ1v) is 7.83. The molecule has 106 valence electrons. The summed E-state index contributed by atoms with van der Waals surface area (Å²) in [5.74, 6) is 0.172. The van der Waals surface area contributed by atoms with Crippen LogP contribution in [0, 0.1) is 6.92 Å². The Morgan fingerprint density at radius 1 is 1.14 bits per heavy atom. The largest absolute Gasteiger partial charge is 0.450 e. The highest BCUT2D eigenvalue weighted by molar-refractivity contribution is 8.18. The van der Waals surface area contributed by atoms with Gasteiger partial charge in [0.25, 0.3) is 11.1 Å². The summed E-state index contributed by atoms with van der Waals surface area (Å²) in [7, 11) is 0. The van der Waals surface area contributed by atoms with Gasteiger partial charge in [-0.2, -0.15) is 0 Å². The van der Waals surface area contributed by atoms with Gasteiger partial charge in [-0.15, -0.1) is 0 Å². The highest BCUT2D eigenvalue weighted by Crippen LogP contribution is 2.31. The second kappa shape index (κ2) is 5.83. The maximum absolute atomic E-state index is 11.5. The predicted octanol–water partition coefficient (Wildman–Crippen LogP) is 4.06. The molecular weight excluding hydrogens is 306 g/mol. The minimum absolute atomic E-state index is 0.348. The first kappa shape index (κ1) is 14.0. The number of furan rings is 1. The molecule has 1 aromatic heterocycles. The highest BCUT2D eigenvalue weighted by atomic mass is 32.2. The monoisotopic (exact) mass is 317 g/mol. The highest BCUT2D eigenvalue weighted by Gasteiger charge is 2.25. The SMILES string of the molecule is Cc1ccc(Sc2ccc(/C=C3/SC(=O)NC3=O)o2)cc1. The van der Waals surface area contributed by atoms with Crippen molar-refractivity contribution in [3.05, 3.63) is 52.6 Å². The van der Waals surface area contributed by atoms with E-state index in [1.807, 2.05) is 37.3 Å².